The van der Waals surface area contributed by atoms with E-state index in [0.29, 0.717) is 15.7 Å². The van der Waals surface area contributed by atoms with Crippen molar-refractivity contribution in [1.82, 2.24) is 0 Å². The number of carbonyl (C=O) groups excluding carboxylic acids is 1. The summed E-state index contributed by atoms with van der Waals surface area (Å²) in [6, 6.07) is 7.34. The van der Waals surface area contributed by atoms with E-state index in [1.54, 1.807) is 12.1 Å². The molecule has 2 fully saturated rings. The van der Waals surface area contributed by atoms with Crippen molar-refractivity contribution in [3.63, 3.8) is 0 Å². The second-order valence-electron chi connectivity index (χ2n) is 6.44. The summed E-state index contributed by atoms with van der Waals surface area (Å²) in [6.07, 6.45) is 2.84. The van der Waals surface area contributed by atoms with Gasteiger partial charge in [-0.2, -0.15) is 0 Å². The van der Waals surface area contributed by atoms with Crippen molar-refractivity contribution < 1.29 is 14.6 Å². The van der Waals surface area contributed by atoms with Crippen LogP contribution in [0.15, 0.2) is 35.0 Å². The van der Waals surface area contributed by atoms with Gasteiger partial charge < -0.3 is 15.6 Å². The van der Waals surface area contributed by atoms with Crippen molar-refractivity contribution in [3.8, 4) is 0 Å². The number of thiophene rings is 2. The minimum atomic E-state index is -1.71. The zero-order chi connectivity index (χ0) is 16.0. The predicted molar refractivity (Wildman–Crippen MR) is 90.3 cm³/mol. The Morgan fingerprint density at radius 2 is 1.87 bits per heavy atom. The van der Waals surface area contributed by atoms with Crippen LogP contribution in [0.1, 0.15) is 29.0 Å². The van der Waals surface area contributed by atoms with E-state index in [4.69, 9.17) is 10.5 Å². The molecule has 0 unspecified atom stereocenters. The highest BCUT2D eigenvalue weighted by Gasteiger charge is 2.52. The molecular weight excluding hydrogens is 330 g/mol. The molecule has 122 valence electrons. The Hall–Kier alpha value is -1.21. The van der Waals surface area contributed by atoms with E-state index >= 15 is 0 Å². The molecule has 2 aliphatic rings. The smallest absolute Gasteiger partial charge is 0.349 e. The fraction of sp³-hybridized carbons (Fsp3) is 0.471. The summed E-state index contributed by atoms with van der Waals surface area (Å²) in [4.78, 5) is 14.1. The highest BCUT2D eigenvalue weighted by molar-refractivity contribution is 7.12. The third-order valence-corrected chi connectivity index (χ3v) is 7.13. The Bertz CT molecular complexity index is 649. The van der Waals surface area contributed by atoms with Crippen LogP contribution < -0.4 is 5.73 Å². The molecular formula is C17H19NO3S2. The summed E-state index contributed by atoms with van der Waals surface area (Å²) in [5, 5.41) is 14.9. The zero-order valence-corrected chi connectivity index (χ0v) is 14.2. The van der Waals surface area contributed by atoms with Crippen LogP contribution in [0.25, 0.3) is 0 Å². The van der Waals surface area contributed by atoms with E-state index in [0.717, 1.165) is 19.3 Å². The number of hydrogen-bond donors (Lipinski definition) is 2. The first-order chi connectivity index (χ1) is 11.1. The lowest BCUT2D eigenvalue weighted by molar-refractivity contribution is -0.169. The number of hydrogen-bond acceptors (Lipinski definition) is 6. The lowest BCUT2D eigenvalue weighted by Crippen LogP contribution is -2.41. The quantitative estimate of drug-likeness (QED) is 0.833. The molecule has 2 aromatic rings. The Morgan fingerprint density at radius 1 is 1.22 bits per heavy atom. The van der Waals surface area contributed by atoms with Gasteiger partial charge in [0.25, 0.3) is 0 Å². The van der Waals surface area contributed by atoms with Gasteiger partial charge in [0, 0.05) is 12.0 Å². The van der Waals surface area contributed by atoms with Crippen LogP contribution in [0.5, 0.6) is 0 Å². The summed E-state index contributed by atoms with van der Waals surface area (Å²) in [5.41, 5.74) is 4.42. The molecule has 3 N–H and O–H groups in total. The average Bonchev–Trinajstić information content (AvgIpc) is 3.32. The lowest BCUT2D eigenvalue weighted by Gasteiger charge is -2.27. The van der Waals surface area contributed by atoms with Crippen molar-refractivity contribution in [2.45, 2.75) is 37.0 Å². The Kier molecular flexibility index (Phi) is 3.80. The van der Waals surface area contributed by atoms with E-state index in [-0.39, 0.29) is 18.1 Å². The Labute approximate surface area is 142 Å². The van der Waals surface area contributed by atoms with Gasteiger partial charge in [-0.25, -0.2) is 4.79 Å². The van der Waals surface area contributed by atoms with E-state index in [1.165, 1.54) is 22.7 Å². The fourth-order valence-corrected chi connectivity index (χ4v) is 5.72. The number of ether oxygens (including phenoxy) is 1. The SMILES string of the molecule is N[C@H]1C[C@H]2CC[C@@H]1[C@@H]2OC(=O)C(O)(c1cccs1)c1cccs1. The maximum atomic E-state index is 12.9. The van der Waals surface area contributed by atoms with Gasteiger partial charge in [-0.05, 0) is 48.1 Å². The van der Waals surface area contributed by atoms with Gasteiger partial charge in [0.15, 0.2) is 0 Å². The largest absolute Gasteiger partial charge is 0.459 e. The second-order valence-corrected chi connectivity index (χ2v) is 8.33. The van der Waals surface area contributed by atoms with Gasteiger partial charge in [0.05, 0.1) is 9.75 Å². The van der Waals surface area contributed by atoms with Crippen molar-refractivity contribution in [3.05, 3.63) is 44.8 Å². The monoisotopic (exact) mass is 349 g/mol. The van der Waals surface area contributed by atoms with Gasteiger partial charge in [-0.3, -0.25) is 0 Å². The molecule has 4 rings (SSSR count). The molecule has 2 aliphatic carbocycles. The second kappa shape index (κ2) is 5.70. The number of rotatable bonds is 4. The zero-order valence-electron chi connectivity index (χ0n) is 12.6. The predicted octanol–water partition coefficient (Wildman–Crippen LogP) is 2.71. The van der Waals surface area contributed by atoms with Crippen LogP contribution in [0.2, 0.25) is 0 Å². The Morgan fingerprint density at radius 3 is 2.30 bits per heavy atom. The molecule has 4 atom stereocenters. The molecule has 0 radical (unpaired) electrons. The molecule has 0 aromatic carbocycles. The molecule has 6 heteroatoms. The van der Waals surface area contributed by atoms with E-state index in [9.17, 15) is 9.90 Å². The van der Waals surface area contributed by atoms with E-state index in [1.807, 2.05) is 22.9 Å². The molecule has 2 bridgehead atoms. The molecule has 4 nitrogen and oxygen atoms in total. The first-order valence-electron chi connectivity index (χ1n) is 7.87. The van der Waals surface area contributed by atoms with Crippen molar-refractivity contribution in [2.75, 3.05) is 0 Å². The van der Waals surface area contributed by atoms with Gasteiger partial charge in [-0.15, -0.1) is 22.7 Å². The van der Waals surface area contributed by atoms with Crippen LogP contribution in [-0.2, 0) is 15.1 Å². The number of esters is 1. The molecule has 2 aromatic heterocycles. The van der Waals surface area contributed by atoms with Crippen LogP contribution in [0.3, 0.4) is 0 Å². The van der Waals surface area contributed by atoms with Gasteiger partial charge >= 0.3 is 5.97 Å². The third kappa shape index (κ3) is 2.36. The van der Waals surface area contributed by atoms with E-state index < -0.39 is 11.6 Å². The minimum absolute atomic E-state index is 0.114. The van der Waals surface area contributed by atoms with Crippen molar-refractivity contribution in [1.29, 1.82) is 0 Å². The summed E-state index contributed by atoms with van der Waals surface area (Å²) in [5.74, 6) is 0.00754. The first kappa shape index (κ1) is 15.3. The molecule has 2 heterocycles. The van der Waals surface area contributed by atoms with Crippen LogP contribution in [0, 0.1) is 11.8 Å². The summed E-state index contributed by atoms with van der Waals surface area (Å²) in [6.45, 7) is 0. The highest BCUT2D eigenvalue weighted by Crippen LogP contribution is 2.47. The maximum Gasteiger partial charge on any atom is 0.349 e. The van der Waals surface area contributed by atoms with Gasteiger partial charge in [-0.1, -0.05) is 12.1 Å². The molecule has 0 spiro atoms. The number of nitrogens with two attached hydrogens (primary N) is 1. The third-order valence-electron chi connectivity index (χ3n) is 5.18. The molecule has 0 aliphatic heterocycles. The van der Waals surface area contributed by atoms with Crippen molar-refractivity contribution >= 4 is 28.6 Å². The average molecular weight is 349 g/mol. The fourth-order valence-electron chi connectivity index (χ4n) is 4.00. The molecule has 2 saturated carbocycles. The van der Waals surface area contributed by atoms with E-state index in [2.05, 4.69) is 0 Å². The maximum absolute atomic E-state index is 12.9. The molecule has 23 heavy (non-hydrogen) atoms. The normalized spacial score (nSPS) is 29.8. The number of carbonyl (C=O) groups is 1. The summed E-state index contributed by atoms with van der Waals surface area (Å²) >= 11 is 2.73. The van der Waals surface area contributed by atoms with Crippen LogP contribution >= 0.6 is 22.7 Å². The van der Waals surface area contributed by atoms with Crippen molar-refractivity contribution in [2.24, 2.45) is 17.6 Å². The first-order valence-corrected chi connectivity index (χ1v) is 9.63. The van der Waals surface area contributed by atoms with Gasteiger partial charge in [0.2, 0.25) is 5.60 Å². The topological polar surface area (TPSA) is 72.5 Å². The molecule has 0 amide bonds. The standard InChI is InChI=1S/C17H19NO3S2/c18-12-9-10-5-6-11(12)15(10)21-16(19)17(20,13-3-1-7-22-13)14-4-2-8-23-14/h1-4,7-8,10-12,15,20H,5-6,9,18H2/t10-,11+,12+,15-/m1/s1. The van der Waals surface area contributed by atoms with Crippen LogP contribution in [0.4, 0.5) is 0 Å². The highest BCUT2D eigenvalue weighted by atomic mass is 32.1. The minimum Gasteiger partial charge on any atom is -0.459 e. The number of aliphatic hydroxyl groups is 1. The Balaban J connectivity index is 1.64. The van der Waals surface area contributed by atoms with Gasteiger partial charge in [0.1, 0.15) is 6.10 Å². The molecule has 0 saturated heterocycles. The van der Waals surface area contributed by atoms with Crippen LogP contribution in [-0.4, -0.2) is 23.2 Å². The summed E-state index contributed by atoms with van der Waals surface area (Å²) < 4.78 is 5.83. The summed E-state index contributed by atoms with van der Waals surface area (Å²) in [7, 11) is 0. The lowest BCUT2D eigenvalue weighted by atomic mass is 9.96. The number of fused-ring (bicyclic) bond motifs is 2.